The van der Waals surface area contributed by atoms with Gasteiger partial charge in [-0.3, -0.25) is 9.59 Å². The zero-order valence-corrected chi connectivity index (χ0v) is 16.3. The van der Waals surface area contributed by atoms with Gasteiger partial charge in [-0.15, -0.1) is 0 Å². The molecule has 2 aromatic carbocycles. The highest BCUT2D eigenvalue weighted by molar-refractivity contribution is 6.04. The summed E-state index contributed by atoms with van der Waals surface area (Å²) in [5.74, 6) is 0.638. The third-order valence-corrected chi connectivity index (χ3v) is 4.33. The van der Waals surface area contributed by atoms with Gasteiger partial charge in [0.05, 0.1) is 0 Å². The van der Waals surface area contributed by atoms with Gasteiger partial charge in [-0.2, -0.15) is 0 Å². The Morgan fingerprint density at radius 1 is 0.893 bits per heavy atom. The van der Waals surface area contributed by atoms with Crippen LogP contribution in [-0.2, 0) is 0 Å². The average molecular weight is 374 g/mol. The third kappa shape index (κ3) is 4.40. The molecule has 0 bridgehead atoms. The summed E-state index contributed by atoms with van der Waals surface area (Å²) in [4.78, 5) is 32.9. The van der Waals surface area contributed by atoms with E-state index in [0.717, 1.165) is 16.8 Å². The first kappa shape index (κ1) is 19.2. The van der Waals surface area contributed by atoms with Crippen LogP contribution >= 0.6 is 0 Å². The van der Waals surface area contributed by atoms with Crippen LogP contribution in [-0.4, -0.2) is 21.7 Å². The molecule has 0 aliphatic carbocycles. The molecule has 0 atom stereocenters. The summed E-state index contributed by atoms with van der Waals surface area (Å²) in [5, 5.41) is 6.07. The number of aryl methyl sites for hydroxylation is 3. The number of rotatable bonds is 5. The lowest BCUT2D eigenvalue weighted by atomic mass is 10.1. The summed E-state index contributed by atoms with van der Waals surface area (Å²) in [6, 6.07) is 14.6. The minimum Gasteiger partial charge on any atom is -0.340 e. The molecule has 0 fully saturated rings. The molecular formula is C22H22N4O2. The van der Waals surface area contributed by atoms with E-state index in [0.29, 0.717) is 22.9 Å². The number of benzene rings is 2. The van der Waals surface area contributed by atoms with E-state index in [9.17, 15) is 9.59 Å². The maximum absolute atomic E-state index is 12.7. The number of hydrogen-bond acceptors (Lipinski definition) is 5. The standard InChI is InChI=1S/C22H22N4O2/c1-13-7-5-8-14(2)21(13)26-22(28)19-12-20(24-16(4)23-19)25-18-10-6-9-17(11-18)15(3)27/h5-12H,1-4H3,(H,26,28)(H,23,24,25). The summed E-state index contributed by atoms with van der Waals surface area (Å²) in [7, 11) is 0. The van der Waals surface area contributed by atoms with Crippen LogP contribution in [0.4, 0.5) is 17.2 Å². The Morgan fingerprint density at radius 3 is 2.25 bits per heavy atom. The largest absolute Gasteiger partial charge is 0.340 e. The van der Waals surface area contributed by atoms with E-state index in [-0.39, 0.29) is 17.4 Å². The molecule has 1 heterocycles. The normalized spacial score (nSPS) is 10.4. The maximum atomic E-state index is 12.7. The molecule has 28 heavy (non-hydrogen) atoms. The first-order chi connectivity index (χ1) is 13.3. The fourth-order valence-electron chi connectivity index (χ4n) is 2.90. The van der Waals surface area contributed by atoms with Crippen molar-refractivity contribution in [2.24, 2.45) is 0 Å². The molecule has 3 rings (SSSR count). The molecule has 1 amide bonds. The Balaban J connectivity index is 1.86. The molecule has 2 N–H and O–H groups in total. The molecule has 0 radical (unpaired) electrons. The second-order valence-corrected chi connectivity index (χ2v) is 6.67. The van der Waals surface area contributed by atoms with Crippen LogP contribution in [0.5, 0.6) is 0 Å². The number of nitrogens with zero attached hydrogens (tertiary/aromatic N) is 2. The van der Waals surface area contributed by atoms with Gasteiger partial charge in [-0.05, 0) is 51.0 Å². The molecule has 0 spiro atoms. The Labute approximate surface area is 164 Å². The number of hydrogen-bond donors (Lipinski definition) is 2. The monoisotopic (exact) mass is 374 g/mol. The van der Waals surface area contributed by atoms with Crippen LogP contribution in [0, 0.1) is 20.8 Å². The predicted molar refractivity (Wildman–Crippen MR) is 110 cm³/mol. The molecular weight excluding hydrogens is 352 g/mol. The molecule has 3 aromatic rings. The smallest absolute Gasteiger partial charge is 0.274 e. The summed E-state index contributed by atoms with van der Waals surface area (Å²) in [5.41, 5.74) is 4.33. The number of carbonyl (C=O) groups excluding carboxylic acids is 2. The summed E-state index contributed by atoms with van der Waals surface area (Å²) in [6.45, 7) is 7.14. The molecule has 0 aliphatic heterocycles. The van der Waals surface area contributed by atoms with Gasteiger partial charge in [-0.25, -0.2) is 9.97 Å². The lowest BCUT2D eigenvalue weighted by molar-refractivity contribution is 0.101. The predicted octanol–water partition coefficient (Wildman–Crippen LogP) is 4.60. The van der Waals surface area contributed by atoms with Crippen molar-refractivity contribution in [3.05, 3.63) is 76.7 Å². The molecule has 6 nitrogen and oxygen atoms in total. The fraction of sp³-hybridized carbons (Fsp3) is 0.182. The quantitative estimate of drug-likeness (QED) is 0.638. The Morgan fingerprint density at radius 2 is 1.57 bits per heavy atom. The highest BCUT2D eigenvalue weighted by Gasteiger charge is 2.13. The molecule has 0 aliphatic rings. The van der Waals surface area contributed by atoms with Crippen LogP contribution in [0.3, 0.4) is 0 Å². The van der Waals surface area contributed by atoms with Crippen LogP contribution in [0.1, 0.15) is 44.7 Å². The number of anilines is 3. The van der Waals surface area contributed by atoms with Crippen molar-refractivity contribution >= 4 is 28.9 Å². The lowest BCUT2D eigenvalue weighted by Crippen LogP contribution is -2.16. The second-order valence-electron chi connectivity index (χ2n) is 6.67. The molecule has 0 saturated heterocycles. The van der Waals surface area contributed by atoms with Crippen LogP contribution < -0.4 is 10.6 Å². The zero-order valence-electron chi connectivity index (χ0n) is 16.3. The number of ketones is 1. The first-order valence-corrected chi connectivity index (χ1v) is 8.95. The number of amides is 1. The molecule has 142 valence electrons. The number of Topliss-reactive ketones (excluding diaryl/α,β-unsaturated/α-hetero) is 1. The third-order valence-electron chi connectivity index (χ3n) is 4.33. The summed E-state index contributed by atoms with van der Waals surface area (Å²) < 4.78 is 0. The van der Waals surface area contributed by atoms with E-state index in [1.54, 1.807) is 31.2 Å². The van der Waals surface area contributed by atoms with Crippen LogP contribution in [0.25, 0.3) is 0 Å². The van der Waals surface area contributed by atoms with Crippen molar-refractivity contribution in [1.29, 1.82) is 0 Å². The Kier molecular flexibility index (Phi) is 5.49. The topological polar surface area (TPSA) is 84.0 Å². The van der Waals surface area contributed by atoms with Gasteiger partial charge in [0.25, 0.3) is 5.91 Å². The average Bonchev–Trinajstić information content (AvgIpc) is 2.64. The van der Waals surface area contributed by atoms with Crippen molar-refractivity contribution in [1.82, 2.24) is 9.97 Å². The number of carbonyl (C=O) groups is 2. The molecule has 6 heteroatoms. The van der Waals surface area contributed by atoms with Gasteiger partial charge in [0, 0.05) is 23.0 Å². The Hall–Kier alpha value is -3.54. The van der Waals surface area contributed by atoms with Gasteiger partial charge >= 0.3 is 0 Å². The van der Waals surface area contributed by atoms with Gasteiger partial charge in [0.2, 0.25) is 0 Å². The van der Waals surface area contributed by atoms with Gasteiger partial charge in [-0.1, -0.05) is 30.3 Å². The number of aromatic nitrogens is 2. The minimum atomic E-state index is -0.302. The molecule has 0 saturated carbocycles. The van der Waals surface area contributed by atoms with Crippen molar-refractivity contribution in [3.63, 3.8) is 0 Å². The molecule has 0 unspecified atom stereocenters. The highest BCUT2D eigenvalue weighted by atomic mass is 16.2. The molecule has 1 aromatic heterocycles. The summed E-state index contributed by atoms with van der Waals surface area (Å²) >= 11 is 0. The van der Waals surface area contributed by atoms with Gasteiger partial charge < -0.3 is 10.6 Å². The van der Waals surface area contributed by atoms with Crippen molar-refractivity contribution < 1.29 is 9.59 Å². The van der Waals surface area contributed by atoms with Gasteiger partial charge in [0.15, 0.2) is 5.78 Å². The van der Waals surface area contributed by atoms with E-state index >= 15 is 0 Å². The highest BCUT2D eigenvalue weighted by Crippen LogP contribution is 2.21. The van der Waals surface area contributed by atoms with Crippen LogP contribution in [0.2, 0.25) is 0 Å². The number of para-hydroxylation sites is 1. The number of nitrogens with one attached hydrogen (secondary N) is 2. The fourth-order valence-corrected chi connectivity index (χ4v) is 2.90. The van der Waals surface area contributed by atoms with Crippen LogP contribution in [0.15, 0.2) is 48.5 Å². The van der Waals surface area contributed by atoms with E-state index < -0.39 is 0 Å². The van der Waals surface area contributed by atoms with Crippen molar-refractivity contribution in [2.45, 2.75) is 27.7 Å². The van der Waals surface area contributed by atoms with Gasteiger partial charge in [0.1, 0.15) is 17.3 Å². The second kappa shape index (κ2) is 8.00. The van der Waals surface area contributed by atoms with E-state index in [1.165, 1.54) is 6.92 Å². The zero-order chi connectivity index (χ0) is 20.3. The Bertz CT molecular complexity index is 1040. The van der Waals surface area contributed by atoms with Crippen molar-refractivity contribution in [3.8, 4) is 0 Å². The minimum absolute atomic E-state index is 0.0174. The maximum Gasteiger partial charge on any atom is 0.274 e. The summed E-state index contributed by atoms with van der Waals surface area (Å²) in [6.07, 6.45) is 0. The van der Waals surface area contributed by atoms with Crippen molar-refractivity contribution in [2.75, 3.05) is 10.6 Å². The van der Waals surface area contributed by atoms with E-state index in [1.807, 2.05) is 38.1 Å². The first-order valence-electron chi connectivity index (χ1n) is 8.95. The van der Waals surface area contributed by atoms with E-state index in [4.69, 9.17) is 0 Å². The lowest BCUT2D eigenvalue weighted by Gasteiger charge is -2.12. The van der Waals surface area contributed by atoms with E-state index in [2.05, 4.69) is 20.6 Å². The SMILES string of the molecule is CC(=O)c1cccc(Nc2cc(C(=O)Nc3c(C)cccc3C)nc(C)n2)c1.